The standard InChI is InChI=1S/C19H24N2O2S/c1-2-13-24-14-7-11-20-18(22)15-21-12-6-10-17(21)19(23)16-8-4-3-5-9-16/h3-6,8-10,12H,2,7,11,13-15H2,1H3,(H,20,22). The van der Waals surface area contributed by atoms with Crippen molar-refractivity contribution >= 4 is 23.5 Å². The number of ketones is 1. The summed E-state index contributed by atoms with van der Waals surface area (Å²) < 4.78 is 1.70. The summed E-state index contributed by atoms with van der Waals surface area (Å²) in [6.45, 7) is 3.02. The number of carbonyl (C=O) groups is 2. The van der Waals surface area contributed by atoms with Crippen molar-refractivity contribution < 1.29 is 9.59 Å². The van der Waals surface area contributed by atoms with Crippen LogP contribution in [0, 0.1) is 0 Å². The largest absolute Gasteiger partial charge is 0.355 e. The van der Waals surface area contributed by atoms with Gasteiger partial charge in [0.2, 0.25) is 11.7 Å². The molecule has 0 spiro atoms. The minimum absolute atomic E-state index is 0.0613. The Morgan fingerprint density at radius 3 is 2.62 bits per heavy atom. The van der Waals surface area contributed by atoms with Crippen LogP contribution in [0.5, 0.6) is 0 Å². The molecule has 128 valence electrons. The highest BCUT2D eigenvalue weighted by Gasteiger charge is 2.14. The van der Waals surface area contributed by atoms with Gasteiger partial charge in [-0.1, -0.05) is 37.3 Å². The molecular formula is C19H24N2O2S. The third kappa shape index (κ3) is 5.57. The average molecular weight is 344 g/mol. The number of carbonyl (C=O) groups excluding carboxylic acids is 2. The second-order valence-electron chi connectivity index (χ2n) is 5.53. The lowest BCUT2D eigenvalue weighted by molar-refractivity contribution is -0.121. The van der Waals surface area contributed by atoms with Crippen LogP contribution in [0.4, 0.5) is 0 Å². The molecule has 5 heteroatoms. The maximum absolute atomic E-state index is 12.5. The van der Waals surface area contributed by atoms with Gasteiger partial charge in [0.15, 0.2) is 0 Å². The molecule has 24 heavy (non-hydrogen) atoms. The van der Waals surface area contributed by atoms with Gasteiger partial charge in [0.05, 0.1) is 5.69 Å². The highest BCUT2D eigenvalue weighted by atomic mass is 32.2. The topological polar surface area (TPSA) is 51.1 Å². The summed E-state index contributed by atoms with van der Waals surface area (Å²) in [6, 6.07) is 12.7. The molecule has 0 saturated carbocycles. The van der Waals surface area contributed by atoms with Gasteiger partial charge in [-0.25, -0.2) is 0 Å². The van der Waals surface area contributed by atoms with E-state index in [9.17, 15) is 9.59 Å². The van der Waals surface area contributed by atoms with E-state index in [1.807, 2.05) is 30.0 Å². The number of aromatic nitrogens is 1. The van der Waals surface area contributed by atoms with E-state index < -0.39 is 0 Å². The minimum atomic E-state index is -0.0654. The molecule has 4 nitrogen and oxygen atoms in total. The Morgan fingerprint density at radius 1 is 1.08 bits per heavy atom. The van der Waals surface area contributed by atoms with Crippen molar-refractivity contribution in [1.82, 2.24) is 9.88 Å². The van der Waals surface area contributed by atoms with Crippen molar-refractivity contribution in [2.45, 2.75) is 26.3 Å². The molecule has 0 bridgehead atoms. The monoisotopic (exact) mass is 344 g/mol. The van der Waals surface area contributed by atoms with E-state index in [0.29, 0.717) is 17.8 Å². The summed E-state index contributed by atoms with van der Waals surface area (Å²) in [7, 11) is 0. The summed E-state index contributed by atoms with van der Waals surface area (Å²) >= 11 is 1.91. The Balaban J connectivity index is 1.84. The van der Waals surface area contributed by atoms with Crippen LogP contribution >= 0.6 is 11.8 Å². The Kier molecular flexibility index (Phi) is 7.62. The molecule has 0 saturated heterocycles. The highest BCUT2D eigenvalue weighted by molar-refractivity contribution is 7.99. The number of hydrogen-bond acceptors (Lipinski definition) is 3. The molecule has 0 radical (unpaired) electrons. The second-order valence-corrected chi connectivity index (χ2v) is 6.76. The van der Waals surface area contributed by atoms with Gasteiger partial charge in [-0.05, 0) is 36.5 Å². The molecule has 1 N–H and O–H groups in total. The third-order valence-corrected chi connectivity index (χ3v) is 4.82. The molecule has 1 amide bonds. The quantitative estimate of drug-likeness (QED) is 0.531. The van der Waals surface area contributed by atoms with Crippen molar-refractivity contribution in [3.63, 3.8) is 0 Å². The van der Waals surface area contributed by atoms with Crippen molar-refractivity contribution in [2.75, 3.05) is 18.1 Å². The number of thioether (sulfide) groups is 1. The molecule has 0 aliphatic heterocycles. The molecule has 1 aromatic carbocycles. The van der Waals surface area contributed by atoms with Crippen LogP contribution in [0.2, 0.25) is 0 Å². The fraction of sp³-hybridized carbons (Fsp3) is 0.368. The SMILES string of the molecule is CCCSCCCNC(=O)Cn1cccc1C(=O)c1ccccc1. The van der Waals surface area contributed by atoms with E-state index in [4.69, 9.17) is 0 Å². The zero-order valence-corrected chi connectivity index (χ0v) is 14.8. The summed E-state index contributed by atoms with van der Waals surface area (Å²) in [6.07, 6.45) is 3.92. The maximum atomic E-state index is 12.5. The van der Waals surface area contributed by atoms with Crippen molar-refractivity contribution in [3.05, 3.63) is 59.9 Å². The number of rotatable bonds is 10. The summed E-state index contributed by atoms with van der Waals surface area (Å²) in [5.41, 5.74) is 1.17. The van der Waals surface area contributed by atoms with Gasteiger partial charge in [0.25, 0.3) is 0 Å². The molecule has 0 unspecified atom stereocenters. The van der Waals surface area contributed by atoms with Crippen LogP contribution < -0.4 is 5.32 Å². The normalized spacial score (nSPS) is 10.5. The predicted molar refractivity (Wildman–Crippen MR) is 99.5 cm³/mol. The third-order valence-electron chi connectivity index (χ3n) is 3.55. The van der Waals surface area contributed by atoms with Gasteiger partial charge in [0.1, 0.15) is 6.54 Å². The summed E-state index contributed by atoms with van der Waals surface area (Å²) in [5, 5.41) is 2.92. The Morgan fingerprint density at radius 2 is 1.88 bits per heavy atom. The van der Waals surface area contributed by atoms with E-state index in [0.717, 1.165) is 12.2 Å². The molecule has 2 rings (SSSR count). The minimum Gasteiger partial charge on any atom is -0.355 e. The predicted octanol–water partition coefficient (Wildman–Crippen LogP) is 3.37. The first-order chi connectivity index (χ1) is 11.7. The fourth-order valence-corrected chi connectivity index (χ4v) is 3.20. The Bertz CT molecular complexity index is 652. The second kappa shape index (κ2) is 9.98. The van der Waals surface area contributed by atoms with Gasteiger partial charge in [-0.2, -0.15) is 11.8 Å². The van der Waals surface area contributed by atoms with Crippen molar-refractivity contribution in [1.29, 1.82) is 0 Å². The smallest absolute Gasteiger partial charge is 0.239 e. The van der Waals surface area contributed by atoms with Crippen LogP contribution in [0.25, 0.3) is 0 Å². The number of amides is 1. The number of nitrogens with one attached hydrogen (secondary N) is 1. The lowest BCUT2D eigenvalue weighted by Gasteiger charge is -2.09. The first kappa shape index (κ1) is 18.3. The van der Waals surface area contributed by atoms with E-state index in [1.54, 1.807) is 35.0 Å². The first-order valence-corrected chi connectivity index (χ1v) is 9.47. The van der Waals surface area contributed by atoms with E-state index in [-0.39, 0.29) is 18.2 Å². The highest BCUT2D eigenvalue weighted by Crippen LogP contribution is 2.11. The Labute approximate surface area is 147 Å². The summed E-state index contributed by atoms with van der Waals surface area (Å²) in [5.74, 6) is 2.11. The maximum Gasteiger partial charge on any atom is 0.239 e. The fourth-order valence-electron chi connectivity index (χ4n) is 2.35. The molecule has 0 aliphatic carbocycles. The van der Waals surface area contributed by atoms with Crippen LogP contribution in [0.15, 0.2) is 48.7 Å². The molecule has 0 atom stereocenters. The van der Waals surface area contributed by atoms with Gasteiger partial charge in [-0.3, -0.25) is 9.59 Å². The van der Waals surface area contributed by atoms with Gasteiger partial charge in [-0.15, -0.1) is 0 Å². The van der Waals surface area contributed by atoms with E-state index in [2.05, 4.69) is 12.2 Å². The number of nitrogens with zero attached hydrogens (tertiary/aromatic N) is 1. The van der Waals surface area contributed by atoms with E-state index >= 15 is 0 Å². The van der Waals surface area contributed by atoms with Crippen LogP contribution in [-0.2, 0) is 11.3 Å². The molecule has 0 fully saturated rings. The van der Waals surface area contributed by atoms with Crippen molar-refractivity contribution in [3.8, 4) is 0 Å². The molecule has 0 aliphatic rings. The lowest BCUT2D eigenvalue weighted by atomic mass is 10.1. The van der Waals surface area contributed by atoms with Gasteiger partial charge in [0, 0.05) is 18.3 Å². The number of hydrogen-bond donors (Lipinski definition) is 1. The molecule has 1 aromatic heterocycles. The summed E-state index contributed by atoms with van der Waals surface area (Å²) in [4.78, 5) is 24.6. The molecule has 2 aromatic rings. The lowest BCUT2D eigenvalue weighted by Crippen LogP contribution is -2.29. The van der Waals surface area contributed by atoms with Crippen LogP contribution in [0.3, 0.4) is 0 Å². The van der Waals surface area contributed by atoms with E-state index in [1.165, 1.54) is 12.2 Å². The van der Waals surface area contributed by atoms with Crippen molar-refractivity contribution in [2.24, 2.45) is 0 Å². The van der Waals surface area contributed by atoms with Gasteiger partial charge >= 0.3 is 0 Å². The Hall–Kier alpha value is -2.01. The first-order valence-electron chi connectivity index (χ1n) is 8.31. The molecule has 1 heterocycles. The average Bonchev–Trinajstić information content (AvgIpc) is 3.06. The van der Waals surface area contributed by atoms with Crippen LogP contribution in [-0.4, -0.2) is 34.3 Å². The van der Waals surface area contributed by atoms with Crippen LogP contribution in [0.1, 0.15) is 35.8 Å². The zero-order valence-electron chi connectivity index (χ0n) is 14.0. The zero-order chi connectivity index (χ0) is 17.2. The number of benzene rings is 1. The molecular weight excluding hydrogens is 320 g/mol. The van der Waals surface area contributed by atoms with Gasteiger partial charge < -0.3 is 9.88 Å².